The monoisotopic (exact) mass is 562 g/mol. The molecule has 196 valence electrons. The lowest BCUT2D eigenvalue weighted by Gasteiger charge is -2.17. The molecule has 0 atom stereocenters. The first-order valence-corrected chi connectivity index (χ1v) is 14.0. The van der Waals surface area contributed by atoms with Crippen molar-refractivity contribution >= 4 is 78.4 Å². The number of hydrogen-bond acceptors (Lipinski definition) is 12. The summed E-state index contributed by atoms with van der Waals surface area (Å²) < 4.78 is 10.4. The second-order valence-electron chi connectivity index (χ2n) is 7.20. The van der Waals surface area contributed by atoms with Gasteiger partial charge in [0.15, 0.2) is 0 Å². The van der Waals surface area contributed by atoms with Gasteiger partial charge in [0.2, 0.25) is 0 Å². The van der Waals surface area contributed by atoms with Gasteiger partial charge in [0.05, 0.1) is 28.0 Å². The van der Waals surface area contributed by atoms with Crippen LogP contribution in [-0.4, -0.2) is 55.6 Å². The van der Waals surface area contributed by atoms with Crippen molar-refractivity contribution in [1.82, 2.24) is 0 Å². The van der Waals surface area contributed by atoms with Crippen LogP contribution in [0.5, 0.6) is 0 Å². The minimum absolute atomic E-state index is 0.0219. The third-order valence-corrected chi connectivity index (χ3v) is 7.99. The lowest BCUT2D eigenvalue weighted by Crippen LogP contribution is -2.20. The minimum Gasteiger partial charge on any atom is -0.462 e. The molecule has 0 radical (unpaired) electrons. The highest BCUT2D eigenvalue weighted by Crippen LogP contribution is 2.43. The maximum atomic E-state index is 12.9. The molecule has 0 aliphatic heterocycles. The molecule has 0 N–H and O–H groups in total. The summed E-state index contributed by atoms with van der Waals surface area (Å²) in [6.45, 7) is 9.45. The number of ether oxygens (including phenoxy) is 2. The van der Waals surface area contributed by atoms with Crippen molar-refractivity contribution in [3.05, 3.63) is 55.3 Å². The molecular formula is C24H26N4O6S3. The molecule has 0 aliphatic carbocycles. The van der Waals surface area contributed by atoms with Crippen molar-refractivity contribution in [3.8, 4) is 0 Å². The topological polar surface area (TPSA) is 124 Å². The first kappa shape index (κ1) is 28.2. The van der Waals surface area contributed by atoms with E-state index < -0.39 is 16.9 Å². The molecule has 3 rings (SSSR count). The molecule has 0 amide bonds. The summed E-state index contributed by atoms with van der Waals surface area (Å²) in [5.74, 6) is -1.44. The minimum atomic E-state index is -0.729. The zero-order chi connectivity index (χ0) is 26.9. The summed E-state index contributed by atoms with van der Waals surface area (Å²) in [4.78, 5) is 48.8. The predicted octanol–water partition coefficient (Wildman–Crippen LogP) is 6.48. The highest BCUT2D eigenvalue weighted by Gasteiger charge is 2.30. The molecule has 0 saturated heterocycles. The van der Waals surface area contributed by atoms with Gasteiger partial charge in [-0.3, -0.25) is 10.1 Å². The molecule has 0 fully saturated rings. The molecule has 0 aromatic carbocycles. The Balaban J connectivity index is 2.06. The van der Waals surface area contributed by atoms with Crippen LogP contribution in [0.4, 0.5) is 20.0 Å². The Labute approximate surface area is 226 Å². The van der Waals surface area contributed by atoms with E-state index in [1.807, 2.05) is 12.1 Å². The number of hydrogen-bond donors (Lipinski definition) is 0. The van der Waals surface area contributed by atoms with Gasteiger partial charge < -0.3 is 14.4 Å². The van der Waals surface area contributed by atoms with Gasteiger partial charge in [-0.05, 0) is 45.9 Å². The first-order chi connectivity index (χ1) is 17.8. The zero-order valence-corrected chi connectivity index (χ0v) is 23.2. The fourth-order valence-corrected chi connectivity index (χ4v) is 5.91. The van der Waals surface area contributed by atoms with Crippen molar-refractivity contribution in [2.24, 2.45) is 9.98 Å². The van der Waals surface area contributed by atoms with Crippen LogP contribution in [0.25, 0.3) is 0 Å². The number of anilines is 1. The molecule has 13 heteroatoms. The maximum absolute atomic E-state index is 12.9. The highest BCUT2D eigenvalue weighted by atomic mass is 32.1. The van der Waals surface area contributed by atoms with Gasteiger partial charge in [-0.15, -0.1) is 11.3 Å². The van der Waals surface area contributed by atoms with E-state index in [9.17, 15) is 19.7 Å². The van der Waals surface area contributed by atoms with Crippen molar-refractivity contribution in [3.63, 3.8) is 0 Å². The van der Waals surface area contributed by atoms with Crippen molar-refractivity contribution in [2.45, 2.75) is 27.7 Å². The normalized spacial score (nSPS) is 11.4. The fourth-order valence-electron chi connectivity index (χ4n) is 3.25. The molecule has 0 spiro atoms. The molecule has 37 heavy (non-hydrogen) atoms. The molecule has 0 bridgehead atoms. The Morgan fingerprint density at radius 2 is 1.38 bits per heavy atom. The summed E-state index contributed by atoms with van der Waals surface area (Å²) in [6.07, 6.45) is 3.04. The highest BCUT2D eigenvalue weighted by molar-refractivity contribution is 7.20. The van der Waals surface area contributed by atoms with Gasteiger partial charge in [0.1, 0.15) is 21.1 Å². The SMILES string of the molecule is CCOC(=O)c1c(/N=C/c2ccc(N(CC)CC)s2)sc(/N=C/c2ccc([N+](=O)[O-])s2)c1C(=O)OCC. The first-order valence-electron chi connectivity index (χ1n) is 11.5. The third-order valence-electron chi connectivity index (χ3n) is 4.93. The molecule has 3 aromatic rings. The van der Waals surface area contributed by atoms with E-state index in [0.717, 1.165) is 45.6 Å². The van der Waals surface area contributed by atoms with Crippen molar-refractivity contribution in [1.29, 1.82) is 0 Å². The van der Waals surface area contributed by atoms with Gasteiger partial charge in [-0.1, -0.05) is 22.7 Å². The molecule has 3 heterocycles. The van der Waals surface area contributed by atoms with Crippen LogP contribution < -0.4 is 4.90 Å². The summed E-state index contributed by atoms with van der Waals surface area (Å²) in [5, 5.41) is 12.5. The number of rotatable bonds is 12. The number of aliphatic imine (C=N–C) groups is 2. The van der Waals surface area contributed by atoms with Crippen LogP contribution in [-0.2, 0) is 9.47 Å². The Kier molecular flexibility index (Phi) is 10.1. The second kappa shape index (κ2) is 13.2. The van der Waals surface area contributed by atoms with E-state index in [-0.39, 0.29) is 39.3 Å². The molecule has 0 saturated carbocycles. The molecule has 0 aliphatic rings. The Morgan fingerprint density at radius 3 is 1.84 bits per heavy atom. The predicted molar refractivity (Wildman–Crippen MR) is 150 cm³/mol. The average Bonchev–Trinajstić information content (AvgIpc) is 3.61. The summed E-state index contributed by atoms with van der Waals surface area (Å²) in [5.41, 5.74) is -0.0684. The van der Waals surface area contributed by atoms with E-state index in [1.54, 1.807) is 37.5 Å². The Hall–Kier alpha value is -3.42. The van der Waals surface area contributed by atoms with Crippen molar-refractivity contribution < 1.29 is 24.0 Å². The van der Waals surface area contributed by atoms with Crippen LogP contribution in [0, 0.1) is 10.1 Å². The Morgan fingerprint density at radius 1 is 0.865 bits per heavy atom. The zero-order valence-electron chi connectivity index (χ0n) is 20.8. The number of nitrogens with zero attached hydrogens (tertiary/aromatic N) is 4. The van der Waals surface area contributed by atoms with Crippen molar-refractivity contribution in [2.75, 3.05) is 31.2 Å². The smallest absolute Gasteiger partial charge is 0.342 e. The average molecular weight is 563 g/mol. The molecule has 10 nitrogen and oxygen atoms in total. The van der Waals surface area contributed by atoms with Gasteiger partial charge in [0, 0.05) is 36.5 Å². The lowest BCUT2D eigenvalue weighted by molar-refractivity contribution is -0.380. The number of carbonyl (C=O) groups is 2. The van der Waals surface area contributed by atoms with Crippen LogP contribution in [0.3, 0.4) is 0 Å². The largest absolute Gasteiger partial charge is 0.462 e. The van der Waals surface area contributed by atoms with Gasteiger partial charge in [0.25, 0.3) is 0 Å². The van der Waals surface area contributed by atoms with Crippen LogP contribution >= 0.6 is 34.0 Å². The Bertz CT molecular complexity index is 1320. The maximum Gasteiger partial charge on any atom is 0.342 e. The van der Waals surface area contributed by atoms with E-state index >= 15 is 0 Å². The van der Waals surface area contributed by atoms with Crippen LogP contribution in [0.1, 0.15) is 58.2 Å². The van der Waals surface area contributed by atoms with E-state index in [4.69, 9.17) is 9.47 Å². The number of thiophene rings is 3. The molecule has 0 unspecified atom stereocenters. The van der Waals surface area contributed by atoms with Gasteiger partial charge >= 0.3 is 16.9 Å². The standard InChI is InChI=1S/C24H26N4O6S3/c1-5-27(6-2)17-11-9-15(35-17)13-25-21-19(23(29)33-7-3)20(24(30)34-8-4)22(37-21)26-14-16-10-12-18(36-16)28(31)32/h9-14H,5-8H2,1-4H3/b25-13+,26-14+. The number of carbonyl (C=O) groups excluding carboxylic acids is 2. The van der Waals surface area contributed by atoms with E-state index in [2.05, 4.69) is 28.7 Å². The lowest BCUT2D eigenvalue weighted by atomic mass is 10.1. The summed E-state index contributed by atoms with van der Waals surface area (Å²) in [6, 6.07) is 6.88. The van der Waals surface area contributed by atoms with Crippen LogP contribution in [0.15, 0.2) is 34.3 Å². The summed E-state index contributed by atoms with van der Waals surface area (Å²) >= 11 is 3.54. The van der Waals surface area contributed by atoms with Gasteiger partial charge in [-0.25, -0.2) is 19.6 Å². The van der Waals surface area contributed by atoms with Crippen LogP contribution in [0.2, 0.25) is 0 Å². The van der Waals surface area contributed by atoms with Gasteiger partial charge in [-0.2, -0.15) is 0 Å². The molecular weight excluding hydrogens is 536 g/mol. The molecule has 3 aromatic heterocycles. The second-order valence-corrected chi connectivity index (χ2v) is 10.4. The summed E-state index contributed by atoms with van der Waals surface area (Å²) in [7, 11) is 0. The third kappa shape index (κ3) is 6.87. The van der Waals surface area contributed by atoms with E-state index in [1.165, 1.54) is 12.3 Å². The van der Waals surface area contributed by atoms with E-state index in [0.29, 0.717) is 4.88 Å². The number of esters is 2. The quantitative estimate of drug-likeness (QED) is 0.107. The number of nitro groups is 1. The fraction of sp³-hybridized carbons (Fsp3) is 0.333.